The Labute approximate surface area is 97.2 Å². The highest BCUT2D eigenvalue weighted by Gasteiger charge is 2.26. The van der Waals surface area contributed by atoms with E-state index >= 15 is 0 Å². The molecule has 0 spiro atoms. The average Bonchev–Trinajstić information content (AvgIpc) is 2.58. The van der Waals surface area contributed by atoms with Gasteiger partial charge in [-0.05, 0) is 17.7 Å². The zero-order valence-corrected chi connectivity index (χ0v) is 9.28. The molecule has 1 heterocycles. The standard InChI is InChI=1S/C10H10ClN3O2/c1-16-7-3-2-5(4-6(7)11)8-9(15)14-10(12)13-8/h2-4,8H,1H3,(H3,12,13,14,15). The Morgan fingerprint density at radius 3 is 2.81 bits per heavy atom. The van der Waals surface area contributed by atoms with Crippen molar-refractivity contribution in [3.8, 4) is 5.75 Å². The molecule has 0 saturated carbocycles. The minimum atomic E-state index is -0.622. The second-order valence-corrected chi connectivity index (χ2v) is 3.71. The summed E-state index contributed by atoms with van der Waals surface area (Å²) in [6, 6.07) is 4.45. The largest absolute Gasteiger partial charge is 0.495 e. The lowest BCUT2D eigenvalue weighted by Crippen LogP contribution is -2.31. The fourth-order valence-electron chi connectivity index (χ4n) is 1.50. The number of aliphatic imine (C=N–C) groups is 1. The highest BCUT2D eigenvalue weighted by molar-refractivity contribution is 6.32. The van der Waals surface area contributed by atoms with Gasteiger partial charge in [0.2, 0.25) is 0 Å². The van der Waals surface area contributed by atoms with Gasteiger partial charge in [-0.2, -0.15) is 0 Å². The summed E-state index contributed by atoms with van der Waals surface area (Å²) in [6.07, 6.45) is 0. The number of nitrogens with one attached hydrogen (secondary N) is 1. The predicted molar refractivity (Wildman–Crippen MR) is 60.5 cm³/mol. The number of benzene rings is 1. The lowest BCUT2D eigenvalue weighted by atomic mass is 10.1. The van der Waals surface area contributed by atoms with Crippen LogP contribution in [0.25, 0.3) is 0 Å². The molecule has 3 N–H and O–H groups in total. The normalized spacial score (nSPS) is 19.2. The number of rotatable bonds is 2. The van der Waals surface area contributed by atoms with E-state index in [0.29, 0.717) is 16.3 Å². The lowest BCUT2D eigenvalue weighted by molar-refractivity contribution is -0.120. The van der Waals surface area contributed by atoms with Gasteiger partial charge < -0.3 is 10.5 Å². The fourth-order valence-corrected chi connectivity index (χ4v) is 1.77. The Morgan fingerprint density at radius 1 is 1.56 bits per heavy atom. The molecule has 1 aromatic carbocycles. The number of ether oxygens (including phenoxy) is 1. The number of hydrogen-bond acceptors (Lipinski definition) is 4. The van der Waals surface area contributed by atoms with E-state index in [1.54, 1.807) is 18.2 Å². The van der Waals surface area contributed by atoms with Crippen molar-refractivity contribution in [2.24, 2.45) is 10.7 Å². The van der Waals surface area contributed by atoms with Gasteiger partial charge in [-0.1, -0.05) is 17.7 Å². The Bertz CT molecular complexity index is 473. The molecule has 0 fully saturated rings. The third-order valence-corrected chi connectivity index (χ3v) is 2.55. The Morgan fingerprint density at radius 2 is 2.31 bits per heavy atom. The summed E-state index contributed by atoms with van der Waals surface area (Å²) in [5.74, 6) is 0.432. The smallest absolute Gasteiger partial charge is 0.256 e. The van der Waals surface area contributed by atoms with Gasteiger partial charge in [0, 0.05) is 0 Å². The number of halogens is 1. The van der Waals surface area contributed by atoms with Gasteiger partial charge in [0.1, 0.15) is 5.75 Å². The van der Waals surface area contributed by atoms with Gasteiger partial charge in [-0.25, -0.2) is 4.99 Å². The van der Waals surface area contributed by atoms with Crippen LogP contribution in [-0.2, 0) is 4.79 Å². The first-order chi connectivity index (χ1) is 7.61. The van der Waals surface area contributed by atoms with Crippen LogP contribution >= 0.6 is 11.6 Å². The highest BCUT2D eigenvalue weighted by atomic mass is 35.5. The molecular weight excluding hydrogens is 230 g/mol. The average molecular weight is 240 g/mol. The van der Waals surface area contributed by atoms with Crippen LogP contribution in [0.2, 0.25) is 5.02 Å². The molecule has 0 aliphatic carbocycles. The summed E-state index contributed by atoms with van der Waals surface area (Å²) in [6.45, 7) is 0. The second kappa shape index (κ2) is 4.02. The van der Waals surface area contributed by atoms with Crippen LogP contribution in [0, 0.1) is 0 Å². The second-order valence-electron chi connectivity index (χ2n) is 3.30. The number of nitrogens with zero attached hydrogens (tertiary/aromatic N) is 1. The van der Waals surface area contributed by atoms with E-state index in [9.17, 15) is 4.79 Å². The van der Waals surface area contributed by atoms with E-state index in [-0.39, 0.29) is 11.9 Å². The van der Waals surface area contributed by atoms with E-state index in [2.05, 4.69) is 10.3 Å². The van der Waals surface area contributed by atoms with Gasteiger partial charge in [0.15, 0.2) is 12.0 Å². The molecule has 0 saturated heterocycles. The minimum Gasteiger partial charge on any atom is -0.495 e. The number of nitrogens with two attached hydrogens (primary N) is 1. The van der Waals surface area contributed by atoms with E-state index in [1.807, 2.05) is 0 Å². The third kappa shape index (κ3) is 1.81. The summed E-state index contributed by atoms with van der Waals surface area (Å²) in [5, 5.41) is 2.87. The predicted octanol–water partition coefficient (Wildman–Crippen LogP) is 0.834. The van der Waals surface area contributed by atoms with Crippen molar-refractivity contribution >= 4 is 23.5 Å². The van der Waals surface area contributed by atoms with E-state index < -0.39 is 6.04 Å². The number of amides is 1. The molecule has 1 amide bonds. The molecule has 16 heavy (non-hydrogen) atoms. The molecule has 5 nitrogen and oxygen atoms in total. The van der Waals surface area contributed by atoms with Crippen LogP contribution in [0.1, 0.15) is 11.6 Å². The molecule has 1 atom stereocenters. The molecule has 0 radical (unpaired) electrons. The monoisotopic (exact) mass is 239 g/mol. The van der Waals surface area contributed by atoms with Crippen molar-refractivity contribution in [3.63, 3.8) is 0 Å². The van der Waals surface area contributed by atoms with Gasteiger partial charge >= 0.3 is 0 Å². The molecular formula is C10H10ClN3O2. The molecule has 2 rings (SSSR count). The Hall–Kier alpha value is -1.75. The van der Waals surface area contributed by atoms with E-state index in [0.717, 1.165) is 0 Å². The highest BCUT2D eigenvalue weighted by Crippen LogP contribution is 2.29. The van der Waals surface area contributed by atoms with Crippen molar-refractivity contribution in [1.29, 1.82) is 0 Å². The SMILES string of the molecule is COc1ccc(C2N=C(N)NC2=O)cc1Cl. The molecule has 1 aliphatic rings. The van der Waals surface area contributed by atoms with Gasteiger partial charge in [-0.15, -0.1) is 0 Å². The minimum absolute atomic E-state index is 0.127. The van der Waals surface area contributed by atoms with Crippen LogP contribution in [0.15, 0.2) is 23.2 Å². The molecule has 6 heteroatoms. The molecule has 1 unspecified atom stereocenters. The number of carbonyl (C=O) groups excluding carboxylic acids is 1. The maximum absolute atomic E-state index is 11.5. The van der Waals surface area contributed by atoms with Crippen molar-refractivity contribution in [1.82, 2.24) is 5.32 Å². The van der Waals surface area contributed by atoms with E-state index in [4.69, 9.17) is 22.1 Å². The Balaban J connectivity index is 2.35. The maximum atomic E-state index is 11.5. The third-order valence-electron chi connectivity index (χ3n) is 2.26. The molecule has 1 aromatic rings. The zero-order chi connectivity index (χ0) is 11.7. The van der Waals surface area contributed by atoms with Crippen LogP contribution in [0.4, 0.5) is 0 Å². The first kappa shape index (κ1) is 10.8. The van der Waals surface area contributed by atoms with Gasteiger partial charge in [0.25, 0.3) is 5.91 Å². The van der Waals surface area contributed by atoms with Crippen LogP contribution < -0.4 is 15.8 Å². The summed E-state index contributed by atoms with van der Waals surface area (Å²) in [4.78, 5) is 15.4. The van der Waals surface area contributed by atoms with Crippen LogP contribution in [-0.4, -0.2) is 19.0 Å². The first-order valence-electron chi connectivity index (χ1n) is 4.59. The molecule has 84 valence electrons. The number of hydrogen-bond donors (Lipinski definition) is 2. The molecule has 0 bridgehead atoms. The van der Waals surface area contributed by atoms with E-state index in [1.165, 1.54) is 7.11 Å². The maximum Gasteiger partial charge on any atom is 0.256 e. The first-order valence-corrected chi connectivity index (χ1v) is 4.97. The summed E-state index contributed by atoms with van der Waals surface area (Å²) in [5.41, 5.74) is 6.09. The fraction of sp³-hybridized carbons (Fsp3) is 0.200. The van der Waals surface area contributed by atoms with Crippen molar-refractivity contribution < 1.29 is 9.53 Å². The molecule has 0 aromatic heterocycles. The van der Waals surface area contributed by atoms with Crippen LogP contribution in [0.3, 0.4) is 0 Å². The number of guanidine groups is 1. The van der Waals surface area contributed by atoms with Gasteiger partial charge in [0.05, 0.1) is 12.1 Å². The zero-order valence-electron chi connectivity index (χ0n) is 8.53. The van der Waals surface area contributed by atoms with Gasteiger partial charge in [-0.3, -0.25) is 10.1 Å². The number of methoxy groups -OCH3 is 1. The lowest BCUT2D eigenvalue weighted by Gasteiger charge is -2.08. The summed E-state index contributed by atoms with van der Waals surface area (Å²) in [7, 11) is 1.53. The van der Waals surface area contributed by atoms with Crippen molar-refractivity contribution in [3.05, 3.63) is 28.8 Å². The topological polar surface area (TPSA) is 76.7 Å². The quantitative estimate of drug-likeness (QED) is 0.803. The summed E-state index contributed by atoms with van der Waals surface area (Å²) >= 11 is 5.96. The van der Waals surface area contributed by atoms with Crippen molar-refractivity contribution in [2.75, 3.05) is 7.11 Å². The molecule has 1 aliphatic heterocycles. The van der Waals surface area contributed by atoms with Crippen molar-refractivity contribution in [2.45, 2.75) is 6.04 Å². The number of carbonyl (C=O) groups is 1. The Kier molecular flexibility index (Phi) is 2.70. The summed E-state index contributed by atoms with van der Waals surface area (Å²) < 4.78 is 5.02. The van der Waals surface area contributed by atoms with Crippen LogP contribution in [0.5, 0.6) is 5.75 Å².